The largest absolute Gasteiger partial charge is 0.477 e. The number of nitrogens with zero attached hydrogens (tertiary/aromatic N) is 2. The lowest BCUT2D eigenvalue weighted by molar-refractivity contribution is 0.102. The van der Waals surface area contributed by atoms with E-state index in [0.29, 0.717) is 18.3 Å². The second kappa shape index (κ2) is 7.36. The Hall–Kier alpha value is -3.20. The van der Waals surface area contributed by atoms with Crippen LogP contribution >= 0.6 is 0 Å². The van der Waals surface area contributed by atoms with Crippen molar-refractivity contribution < 1.29 is 17.9 Å². The van der Waals surface area contributed by atoms with E-state index in [2.05, 4.69) is 20.5 Å². The quantitative estimate of drug-likeness (QED) is 0.686. The number of ether oxygens (including phenoxy) is 1. The van der Waals surface area contributed by atoms with Crippen LogP contribution in [-0.4, -0.2) is 36.1 Å². The molecular weight excluding hydrogens is 356 g/mol. The van der Waals surface area contributed by atoms with Gasteiger partial charge in [0.2, 0.25) is 15.7 Å². The maximum atomic E-state index is 12.6. The third-order valence-electron chi connectivity index (χ3n) is 3.41. The molecular formula is C17H16N4O4S. The number of anilines is 1. The summed E-state index contributed by atoms with van der Waals surface area (Å²) in [5.41, 5.74) is 0.189. The zero-order valence-electron chi connectivity index (χ0n) is 13.8. The zero-order chi connectivity index (χ0) is 18.6. The summed E-state index contributed by atoms with van der Waals surface area (Å²) < 4.78 is 30.4. The van der Waals surface area contributed by atoms with Crippen molar-refractivity contribution in [3.63, 3.8) is 0 Å². The first-order chi connectivity index (χ1) is 12.5. The minimum Gasteiger partial charge on any atom is -0.477 e. The monoisotopic (exact) mass is 372 g/mol. The molecule has 0 atom stereocenters. The molecule has 0 bridgehead atoms. The highest BCUT2D eigenvalue weighted by Gasteiger charge is 2.20. The summed E-state index contributed by atoms with van der Waals surface area (Å²) in [6.45, 7) is 2.27. The van der Waals surface area contributed by atoms with Crippen molar-refractivity contribution >= 4 is 21.6 Å². The summed E-state index contributed by atoms with van der Waals surface area (Å²) >= 11 is 0. The van der Waals surface area contributed by atoms with Gasteiger partial charge in [-0.2, -0.15) is 0 Å². The number of nitrogens with one attached hydrogen (secondary N) is 2. The van der Waals surface area contributed by atoms with E-state index in [1.54, 1.807) is 12.1 Å². The smallest absolute Gasteiger partial charge is 0.256 e. The van der Waals surface area contributed by atoms with E-state index in [0.717, 1.165) is 0 Å². The normalized spacial score (nSPS) is 11.1. The maximum Gasteiger partial charge on any atom is 0.256 e. The molecule has 1 aromatic carbocycles. The number of rotatable bonds is 6. The first kappa shape index (κ1) is 17.6. The Labute approximate surface area is 150 Å². The number of amides is 1. The van der Waals surface area contributed by atoms with Crippen LogP contribution in [0.15, 0.2) is 64.6 Å². The van der Waals surface area contributed by atoms with Crippen LogP contribution in [0.2, 0.25) is 0 Å². The fourth-order valence-electron chi connectivity index (χ4n) is 2.21. The van der Waals surface area contributed by atoms with Gasteiger partial charge >= 0.3 is 0 Å². The molecule has 2 aromatic heterocycles. The second-order valence-corrected chi connectivity index (χ2v) is 7.10. The second-order valence-electron chi connectivity index (χ2n) is 5.21. The summed E-state index contributed by atoms with van der Waals surface area (Å²) in [5, 5.41) is 9.04. The van der Waals surface area contributed by atoms with Gasteiger partial charge in [-0.05, 0) is 37.3 Å². The Kier molecular flexibility index (Phi) is 4.99. The summed E-state index contributed by atoms with van der Waals surface area (Å²) in [7, 11) is -3.80. The Morgan fingerprint density at radius 3 is 2.77 bits per heavy atom. The first-order valence-electron chi connectivity index (χ1n) is 7.76. The molecule has 0 saturated carbocycles. The summed E-state index contributed by atoms with van der Waals surface area (Å²) in [4.78, 5) is 16.2. The molecule has 1 amide bonds. The number of aromatic nitrogens is 3. The number of hydrogen-bond acceptors (Lipinski definition) is 6. The number of H-pyrrole nitrogens is 1. The lowest BCUT2D eigenvalue weighted by Gasteiger charge is -2.06. The number of sulfone groups is 1. The van der Waals surface area contributed by atoms with Gasteiger partial charge in [0.05, 0.1) is 11.5 Å². The van der Waals surface area contributed by atoms with Crippen LogP contribution in [0.1, 0.15) is 17.3 Å². The Balaban J connectivity index is 1.83. The van der Waals surface area contributed by atoms with Gasteiger partial charge in [-0.25, -0.2) is 13.4 Å². The molecule has 0 aliphatic rings. The Morgan fingerprint density at radius 1 is 1.19 bits per heavy atom. The van der Waals surface area contributed by atoms with Crippen LogP contribution in [0.5, 0.6) is 5.88 Å². The van der Waals surface area contributed by atoms with Crippen molar-refractivity contribution in [1.82, 2.24) is 15.2 Å². The standard InChI is InChI=1S/C17H16N4O4S/c1-2-25-15-11-14(20-21-15)19-17(22)12-6-5-7-13(10-12)26(23,24)16-8-3-4-9-18-16/h3-11H,2H2,1H3,(H2,19,20,21,22). The van der Waals surface area contributed by atoms with Gasteiger partial charge in [0.25, 0.3) is 5.91 Å². The number of benzene rings is 1. The molecule has 2 N–H and O–H groups in total. The number of carbonyl (C=O) groups is 1. The third-order valence-corrected chi connectivity index (χ3v) is 5.08. The van der Waals surface area contributed by atoms with Gasteiger partial charge in [0, 0.05) is 17.8 Å². The Bertz CT molecular complexity index is 1020. The number of hydrogen-bond donors (Lipinski definition) is 2. The topological polar surface area (TPSA) is 114 Å². The molecule has 134 valence electrons. The van der Waals surface area contributed by atoms with Crippen LogP contribution in [-0.2, 0) is 9.84 Å². The summed E-state index contributed by atoms with van der Waals surface area (Å²) in [5.74, 6) is 0.223. The van der Waals surface area contributed by atoms with Gasteiger partial charge in [0.15, 0.2) is 5.03 Å². The molecule has 0 spiro atoms. The number of carbonyl (C=O) groups excluding carboxylic acids is 1. The predicted octanol–water partition coefficient (Wildman–Crippen LogP) is 2.29. The lowest BCUT2D eigenvalue weighted by Crippen LogP contribution is -2.13. The zero-order valence-corrected chi connectivity index (χ0v) is 14.7. The molecule has 0 aliphatic carbocycles. The van der Waals surface area contributed by atoms with Crippen LogP contribution in [0.25, 0.3) is 0 Å². The highest BCUT2D eigenvalue weighted by atomic mass is 32.2. The summed E-state index contributed by atoms with van der Waals surface area (Å²) in [6.07, 6.45) is 1.40. The van der Waals surface area contributed by atoms with E-state index in [1.807, 2.05) is 6.92 Å². The number of pyridine rings is 1. The van der Waals surface area contributed by atoms with Crippen molar-refractivity contribution in [2.75, 3.05) is 11.9 Å². The highest BCUT2D eigenvalue weighted by Crippen LogP contribution is 2.20. The van der Waals surface area contributed by atoms with E-state index >= 15 is 0 Å². The summed E-state index contributed by atoms with van der Waals surface area (Å²) in [6, 6.07) is 11.9. The first-order valence-corrected chi connectivity index (χ1v) is 9.25. The molecule has 26 heavy (non-hydrogen) atoms. The van der Waals surface area contributed by atoms with Crippen molar-refractivity contribution in [3.05, 3.63) is 60.3 Å². The fraction of sp³-hybridized carbons (Fsp3) is 0.118. The minimum atomic E-state index is -3.80. The van der Waals surface area contributed by atoms with Gasteiger partial charge in [-0.3, -0.25) is 9.89 Å². The molecule has 9 heteroatoms. The molecule has 0 aliphatic heterocycles. The molecule has 3 rings (SSSR count). The van der Waals surface area contributed by atoms with E-state index in [-0.39, 0.29) is 15.5 Å². The predicted molar refractivity (Wildman–Crippen MR) is 93.8 cm³/mol. The van der Waals surface area contributed by atoms with Crippen LogP contribution < -0.4 is 10.1 Å². The third kappa shape index (κ3) is 3.72. The number of aromatic amines is 1. The van der Waals surface area contributed by atoms with E-state index in [9.17, 15) is 13.2 Å². The van der Waals surface area contributed by atoms with E-state index in [4.69, 9.17) is 4.74 Å². The van der Waals surface area contributed by atoms with Gasteiger partial charge < -0.3 is 10.1 Å². The van der Waals surface area contributed by atoms with Crippen molar-refractivity contribution in [2.45, 2.75) is 16.8 Å². The van der Waals surface area contributed by atoms with E-state index < -0.39 is 15.7 Å². The average molecular weight is 372 g/mol. The molecule has 0 radical (unpaired) electrons. The van der Waals surface area contributed by atoms with Crippen molar-refractivity contribution in [1.29, 1.82) is 0 Å². The maximum absolute atomic E-state index is 12.6. The van der Waals surface area contributed by atoms with E-state index in [1.165, 1.54) is 42.6 Å². The van der Waals surface area contributed by atoms with Crippen LogP contribution in [0.3, 0.4) is 0 Å². The fourth-order valence-corrected chi connectivity index (χ4v) is 3.45. The molecule has 0 saturated heterocycles. The van der Waals surface area contributed by atoms with Crippen molar-refractivity contribution in [3.8, 4) is 5.88 Å². The molecule has 0 unspecified atom stereocenters. The van der Waals surface area contributed by atoms with Gasteiger partial charge in [0.1, 0.15) is 5.82 Å². The van der Waals surface area contributed by atoms with Crippen molar-refractivity contribution in [2.24, 2.45) is 0 Å². The molecule has 3 aromatic rings. The molecule has 8 nitrogen and oxygen atoms in total. The highest BCUT2D eigenvalue weighted by molar-refractivity contribution is 7.91. The molecule has 0 fully saturated rings. The van der Waals surface area contributed by atoms with Crippen LogP contribution in [0, 0.1) is 0 Å². The SMILES string of the molecule is CCOc1cc(NC(=O)c2cccc(S(=O)(=O)c3ccccn3)c2)[nH]n1. The lowest BCUT2D eigenvalue weighted by atomic mass is 10.2. The minimum absolute atomic E-state index is 0.0107. The molecule has 2 heterocycles. The van der Waals surface area contributed by atoms with Gasteiger partial charge in [-0.1, -0.05) is 12.1 Å². The Morgan fingerprint density at radius 2 is 2.04 bits per heavy atom. The average Bonchev–Trinajstić information content (AvgIpc) is 3.10. The van der Waals surface area contributed by atoms with Crippen LogP contribution in [0.4, 0.5) is 5.82 Å². The van der Waals surface area contributed by atoms with Gasteiger partial charge in [-0.15, -0.1) is 5.10 Å².